The second-order valence-electron chi connectivity index (χ2n) is 5.28. The van der Waals surface area contributed by atoms with Gasteiger partial charge in [0.05, 0.1) is 6.10 Å². The highest BCUT2D eigenvalue weighted by Gasteiger charge is 2.23. The molecular weight excluding hydrogens is 341 g/mol. The lowest BCUT2D eigenvalue weighted by atomic mass is 9.86. The number of ether oxygens (including phenoxy) is 1. The molecule has 0 heterocycles. The average molecular weight is 360 g/mol. The number of hydrogen-bond donors (Lipinski definition) is 2. The molecule has 1 amide bonds. The third-order valence-corrected chi connectivity index (χ3v) is 4.18. The zero-order chi connectivity index (χ0) is 15.2. The molecule has 21 heavy (non-hydrogen) atoms. The zero-order valence-corrected chi connectivity index (χ0v) is 13.2. The molecule has 1 aliphatic carbocycles. The fourth-order valence-electron chi connectivity index (χ4n) is 2.46. The van der Waals surface area contributed by atoms with Crippen molar-refractivity contribution in [2.75, 3.05) is 13.2 Å². The minimum atomic E-state index is -0.514. The van der Waals surface area contributed by atoms with Crippen molar-refractivity contribution < 1.29 is 19.0 Å². The topological polar surface area (TPSA) is 58.6 Å². The Bertz CT molecular complexity index is 498. The van der Waals surface area contributed by atoms with Gasteiger partial charge in [-0.2, -0.15) is 0 Å². The van der Waals surface area contributed by atoms with Crippen molar-refractivity contribution in [2.45, 2.75) is 31.8 Å². The average Bonchev–Trinajstić information content (AvgIpc) is 2.45. The van der Waals surface area contributed by atoms with E-state index < -0.39 is 5.82 Å². The minimum Gasteiger partial charge on any atom is -0.481 e. The summed E-state index contributed by atoms with van der Waals surface area (Å²) >= 11 is 3.15. The quantitative estimate of drug-likeness (QED) is 0.849. The summed E-state index contributed by atoms with van der Waals surface area (Å²) in [5.74, 6) is -0.673. The second kappa shape index (κ2) is 7.75. The Balaban J connectivity index is 1.74. The van der Waals surface area contributed by atoms with Crippen LogP contribution in [0.25, 0.3) is 0 Å². The van der Waals surface area contributed by atoms with Gasteiger partial charge in [-0.15, -0.1) is 0 Å². The van der Waals surface area contributed by atoms with Gasteiger partial charge in [-0.1, -0.05) is 28.8 Å². The third-order valence-electron chi connectivity index (χ3n) is 3.68. The van der Waals surface area contributed by atoms with Crippen molar-refractivity contribution in [3.05, 3.63) is 28.5 Å². The first-order chi connectivity index (χ1) is 10.1. The third kappa shape index (κ3) is 4.97. The molecule has 0 aromatic heterocycles. The molecular formula is C15H19BrFNO3. The number of hydrogen-bond acceptors (Lipinski definition) is 3. The molecule has 2 atom stereocenters. The predicted octanol–water partition coefficient (Wildman–Crippen LogP) is 2.63. The molecule has 1 aromatic carbocycles. The summed E-state index contributed by atoms with van der Waals surface area (Å²) in [4.78, 5) is 11.7. The summed E-state index contributed by atoms with van der Waals surface area (Å²) in [5.41, 5.74) is 0. The first-order valence-corrected chi connectivity index (χ1v) is 7.88. The van der Waals surface area contributed by atoms with Crippen molar-refractivity contribution in [1.29, 1.82) is 0 Å². The summed E-state index contributed by atoms with van der Waals surface area (Å²) in [6.07, 6.45) is 3.49. The van der Waals surface area contributed by atoms with Gasteiger partial charge in [0.25, 0.3) is 5.91 Å². The van der Waals surface area contributed by atoms with E-state index in [1.807, 2.05) is 0 Å². The molecule has 2 rings (SSSR count). The molecule has 1 fully saturated rings. The molecule has 2 unspecified atom stereocenters. The maximum atomic E-state index is 13.5. The standard InChI is InChI=1S/C15H19BrFNO3/c16-11-5-6-14(12(17)7-11)21-9-15(20)18-8-10-3-1-2-4-13(10)19/h5-7,10,13,19H,1-4,8-9H2,(H,18,20). The number of benzene rings is 1. The van der Waals surface area contributed by atoms with Crippen molar-refractivity contribution in [3.63, 3.8) is 0 Å². The van der Waals surface area contributed by atoms with Crippen LogP contribution < -0.4 is 10.1 Å². The Labute approximate surface area is 131 Å². The number of carbonyl (C=O) groups excluding carboxylic acids is 1. The normalized spacial score (nSPS) is 21.9. The molecule has 1 saturated carbocycles. The number of halogens is 2. The van der Waals surface area contributed by atoms with Gasteiger partial charge in [-0.05, 0) is 31.0 Å². The summed E-state index contributed by atoms with van der Waals surface area (Å²) in [6.45, 7) is 0.202. The number of aliphatic hydroxyl groups excluding tert-OH is 1. The first kappa shape index (κ1) is 16.2. The molecule has 0 spiro atoms. The van der Waals surface area contributed by atoms with Gasteiger partial charge in [0, 0.05) is 16.9 Å². The van der Waals surface area contributed by atoms with Crippen LogP contribution in [-0.2, 0) is 4.79 Å². The van der Waals surface area contributed by atoms with Crippen molar-refractivity contribution >= 4 is 21.8 Å². The Hall–Kier alpha value is -1.14. The summed E-state index contributed by atoms with van der Waals surface area (Å²) in [6, 6.07) is 4.40. The molecule has 1 aliphatic rings. The molecule has 116 valence electrons. The van der Waals surface area contributed by atoms with E-state index in [0.717, 1.165) is 25.7 Å². The lowest BCUT2D eigenvalue weighted by Gasteiger charge is -2.27. The zero-order valence-electron chi connectivity index (χ0n) is 11.6. The van der Waals surface area contributed by atoms with E-state index in [-0.39, 0.29) is 30.3 Å². The van der Waals surface area contributed by atoms with E-state index >= 15 is 0 Å². The number of nitrogens with one attached hydrogen (secondary N) is 1. The molecule has 4 nitrogen and oxygen atoms in total. The monoisotopic (exact) mass is 359 g/mol. The van der Waals surface area contributed by atoms with Crippen molar-refractivity contribution in [3.8, 4) is 5.75 Å². The maximum Gasteiger partial charge on any atom is 0.257 e. The Morgan fingerprint density at radius 1 is 1.43 bits per heavy atom. The number of rotatable bonds is 5. The van der Waals surface area contributed by atoms with Gasteiger partial charge in [-0.3, -0.25) is 4.79 Å². The van der Waals surface area contributed by atoms with Gasteiger partial charge >= 0.3 is 0 Å². The minimum absolute atomic E-state index is 0.0473. The van der Waals surface area contributed by atoms with Gasteiger partial charge in [-0.25, -0.2) is 4.39 Å². The Morgan fingerprint density at radius 3 is 2.90 bits per heavy atom. The van der Waals surface area contributed by atoms with Crippen LogP contribution in [0.15, 0.2) is 22.7 Å². The van der Waals surface area contributed by atoms with E-state index in [1.54, 1.807) is 6.07 Å². The molecule has 0 aliphatic heterocycles. The van der Waals surface area contributed by atoms with Crippen LogP contribution in [0, 0.1) is 11.7 Å². The Kier molecular flexibility index (Phi) is 5.99. The van der Waals surface area contributed by atoms with Gasteiger partial charge in [0.1, 0.15) is 0 Å². The lowest BCUT2D eigenvalue weighted by Crippen LogP contribution is -2.38. The fraction of sp³-hybridized carbons (Fsp3) is 0.533. The predicted molar refractivity (Wildman–Crippen MR) is 80.6 cm³/mol. The fourth-order valence-corrected chi connectivity index (χ4v) is 2.79. The van der Waals surface area contributed by atoms with E-state index in [0.29, 0.717) is 11.0 Å². The SMILES string of the molecule is O=C(COc1ccc(Br)cc1F)NCC1CCCCC1O. The lowest BCUT2D eigenvalue weighted by molar-refractivity contribution is -0.123. The molecule has 0 bridgehead atoms. The van der Waals surface area contributed by atoms with Gasteiger partial charge in [0.15, 0.2) is 18.2 Å². The second-order valence-corrected chi connectivity index (χ2v) is 6.20. The molecule has 1 aromatic rings. The van der Waals surface area contributed by atoms with Crippen LogP contribution in [0.1, 0.15) is 25.7 Å². The summed E-state index contributed by atoms with van der Waals surface area (Å²) in [5, 5.41) is 12.5. The maximum absolute atomic E-state index is 13.5. The number of carbonyl (C=O) groups is 1. The summed E-state index contributed by atoms with van der Waals surface area (Å²) < 4.78 is 19.3. The molecule has 0 radical (unpaired) electrons. The molecule has 0 saturated heterocycles. The number of aliphatic hydroxyl groups is 1. The van der Waals surface area contributed by atoms with Gasteiger partial charge in [0.2, 0.25) is 0 Å². The molecule has 2 N–H and O–H groups in total. The van der Waals surface area contributed by atoms with Crippen LogP contribution in [-0.4, -0.2) is 30.3 Å². The van der Waals surface area contributed by atoms with Gasteiger partial charge < -0.3 is 15.2 Å². The van der Waals surface area contributed by atoms with Crippen molar-refractivity contribution in [2.24, 2.45) is 5.92 Å². The van der Waals surface area contributed by atoms with Crippen LogP contribution in [0.5, 0.6) is 5.75 Å². The van der Waals surface area contributed by atoms with E-state index in [4.69, 9.17) is 4.74 Å². The highest BCUT2D eigenvalue weighted by molar-refractivity contribution is 9.10. The summed E-state index contributed by atoms with van der Waals surface area (Å²) in [7, 11) is 0. The van der Waals surface area contributed by atoms with Crippen molar-refractivity contribution in [1.82, 2.24) is 5.32 Å². The smallest absolute Gasteiger partial charge is 0.257 e. The highest BCUT2D eigenvalue weighted by Crippen LogP contribution is 2.24. The number of amides is 1. The Morgan fingerprint density at radius 2 is 2.19 bits per heavy atom. The van der Waals surface area contributed by atoms with E-state index in [1.165, 1.54) is 12.1 Å². The van der Waals surface area contributed by atoms with Crippen LogP contribution >= 0.6 is 15.9 Å². The van der Waals surface area contributed by atoms with Crippen LogP contribution in [0.3, 0.4) is 0 Å². The van der Waals surface area contributed by atoms with E-state index in [9.17, 15) is 14.3 Å². The van der Waals surface area contributed by atoms with Crippen LogP contribution in [0.4, 0.5) is 4.39 Å². The highest BCUT2D eigenvalue weighted by atomic mass is 79.9. The van der Waals surface area contributed by atoms with Crippen LogP contribution in [0.2, 0.25) is 0 Å². The molecule has 6 heteroatoms. The largest absolute Gasteiger partial charge is 0.481 e. The van der Waals surface area contributed by atoms with E-state index in [2.05, 4.69) is 21.2 Å². The first-order valence-electron chi connectivity index (χ1n) is 7.09.